The number of alkyl halides is 3. The molecule has 9 heteroatoms. The van der Waals surface area contributed by atoms with E-state index in [1.54, 1.807) is 0 Å². The molecular formula is C15H16ClF3N2O3. The fraction of sp³-hybridized carbons (Fsp3) is 0.467. The van der Waals surface area contributed by atoms with Gasteiger partial charge in [-0.25, -0.2) is 0 Å². The van der Waals surface area contributed by atoms with Crippen molar-refractivity contribution in [1.82, 2.24) is 4.90 Å². The Balaban J connectivity index is 1.98. The molecule has 0 aromatic heterocycles. The van der Waals surface area contributed by atoms with Gasteiger partial charge in [-0.05, 0) is 31.0 Å². The average molecular weight is 365 g/mol. The number of carbonyl (C=O) groups is 2. The number of ether oxygens (including phenoxy) is 1. The Morgan fingerprint density at radius 3 is 2.71 bits per heavy atom. The van der Waals surface area contributed by atoms with E-state index in [0.29, 0.717) is 13.0 Å². The quantitative estimate of drug-likeness (QED) is 0.893. The predicted molar refractivity (Wildman–Crippen MR) is 81.7 cm³/mol. The van der Waals surface area contributed by atoms with Crippen LogP contribution in [0.25, 0.3) is 0 Å². The molecule has 24 heavy (non-hydrogen) atoms. The highest BCUT2D eigenvalue weighted by Crippen LogP contribution is 2.36. The van der Waals surface area contributed by atoms with Crippen molar-refractivity contribution >= 4 is 29.1 Å². The van der Waals surface area contributed by atoms with Gasteiger partial charge < -0.3 is 15.0 Å². The zero-order chi connectivity index (χ0) is 17.9. The molecule has 2 rings (SSSR count). The van der Waals surface area contributed by atoms with E-state index in [-0.39, 0.29) is 18.1 Å². The van der Waals surface area contributed by atoms with Gasteiger partial charge in [0.25, 0.3) is 5.91 Å². The minimum atomic E-state index is -4.62. The largest absolute Gasteiger partial charge is 0.417 e. The molecule has 1 aliphatic heterocycles. The third-order valence-electron chi connectivity index (χ3n) is 3.52. The van der Waals surface area contributed by atoms with Crippen molar-refractivity contribution in [3.63, 3.8) is 0 Å². The van der Waals surface area contributed by atoms with Gasteiger partial charge in [0.15, 0.2) is 0 Å². The van der Waals surface area contributed by atoms with Crippen LogP contribution in [0, 0.1) is 0 Å². The highest BCUT2D eigenvalue weighted by atomic mass is 35.5. The maximum Gasteiger partial charge on any atom is 0.417 e. The first kappa shape index (κ1) is 18.5. The topological polar surface area (TPSA) is 58.6 Å². The molecule has 0 spiro atoms. The highest BCUT2D eigenvalue weighted by molar-refractivity contribution is 6.31. The lowest BCUT2D eigenvalue weighted by Crippen LogP contribution is -2.40. The van der Waals surface area contributed by atoms with Gasteiger partial charge in [0.1, 0.15) is 6.10 Å². The fourth-order valence-electron chi connectivity index (χ4n) is 2.33. The van der Waals surface area contributed by atoms with Gasteiger partial charge in [-0.2, -0.15) is 13.2 Å². The zero-order valence-electron chi connectivity index (χ0n) is 12.8. The molecule has 0 saturated carbocycles. The summed E-state index contributed by atoms with van der Waals surface area (Å²) in [5, 5.41) is 1.87. The molecule has 132 valence electrons. The molecule has 1 N–H and O–H groups in total. The molecule has 0 bridgehead atoms. The Morgan fingerprint density at radius 1 is 1.42 bits per heavy atom. The molecule has 2 amide bonds. The standard InChI is InChI=1S/C15H16ClF3N2O3/c1-21(14(23)12-3-2-6-24-12)8-13(22)20-9-4-5-11(16)10(7-9)15(17,18)19/h4-5,7,12H,2-3,6,8H2,1H3,(H,20,22)/t12-/m0/s1. The Morgan fingerprint density at radius 2 is 2.12 bits per heavy atom. The Hall–Kier alpha value is -1.80. The van der Waals surface area contributed by atoms with Crippen LogP contribution < -0.4 is 5.32 Å². The lowest BCUT2D eigenvalue weighted by atomic mass is 10.2. The summed E-state index contributed by atoms with van der Waals surface area (Å²) in [7, 11) is 1.44. The van der Waals surface area contributed by atoms with E-state index in [9.17, 15) is 22.8 Å². The molecule has 0 radical (unpaired) electrons. The van der Waals surface area contributed by atoms with Crippen molar-refractivity contribution in [3.8, 4) is 0 Å². The van der Waals surface area contributed by atoms with Gasteiger partial charge in [0.05, 0.1) is 17.1 Å². The first-order valence-electron chi connectivity index (χ1n) is 7.21. The number of hydrogen-bond donors (Lipinski definition) is 1. The van der Waals surface area contributed by atoms with Gasteiger partial charge >= 0.3 is 6.18 Å². The zero-order valence-corrected chi connectivity index (χ0v) is 13.6. The van der Waals surface area contributed by atoms with Crippen LogP contribution in [0.3, 0.4) is 0 Å². The third-order valence-corrected chi connectivity index (χ3v) is 3.85. The fourth-order valence-corrected chi connectivity index (χ4v) is 2.56. The van der Waals surface area contributed by atoms with Crippen molar-refractivity contribution in [2.24, 2.45) is 0 Å². The van der Waals surface area contributed by atoms with Gasteiger partial charge in [-0.3, -0.25) is 9.59 Å². The Bertz CT molecular complexity index is 631. The Labute approximate surface area is 141 Å². The Kier molecular flexibility index (Phi) is 5.71. The van der Waals surface area contributed by atoms with E-state index in [1.165, 1.54) is 18.0 Å². The van der Waals surface area contributed by atoms with E-state index in [0.717, 1.165) is 18.6 Å². The van der Waals surface area contributed by atoms with Gasteiger partial charge in [0, 0.05) is 19.3 Å². The highest BCUT2D eigenvalue weighted by Gasteiger charge is 2.33. The van der Waals surface area contributed by atoms with Crippen molar-refractivity contribution in [3.05, 3.63) is 28.8 Å². The van der Waals surface area contributed by atoms with Crippen LogP contribution in [-0.4, -0.2) is 43.0 Å². The molecule has 1 aromatic rings. The summed E-state index contributed by atoms with van der Waals surface area (Å²) in [4.78, 5) is 25.1. The minimum absolute atomic E-state index is 0.0466. The molecule has 1 aliphatic rings. The van der Waals surface area contributed by atoms with Crippen molar-refractivity contribution in [1.29, 1.82) is 0 Å². The van der Waals surface area contributed by atoms with E-state index in [1.807, 2.05) is 0 Å². The number of hydrogen-bond acceptors (Lipinski definition) is 3. The summed E-state index contributed by atoms with van der Waals surface area (Å²) < 4.78 is 43.6. The minimum Gasteiger partial charge on any atom is -0.368 e. The van der Waals surface area contributed by atoms with E-state index in [4.69, 9.17) is 16.3 Å². The normalized spacial score (nSPS) is 17.6. The van der Waals surface area contributed by atoms with Crippen LogP contribution in [0.5, 0.6) is 0 Å². The summed E-state index contributed by atoms with van der Waals surface area (Å²) in [6, 6.07) is 3.07. The number of anilines is 1. The second-order valence-electron chi connectivity index (χ2n) is 5.44. The maximum atomic E-state index is 12.8. The van der Waals surface area contributed by atoms with Crippen molar-refractivity contribution < 1.29 is 27.5 Å². The van der Waals surface area contributed by atoms with Gasteiger partial charge in [-0.15, -0.1) is 0 Å². The van der Waals surface area contributed by atoms with E-state index >= 15 is 0 Å². The second-order valence-corrected chi connectivity index (χ2v) is 5.84. The number of benzene rings is 1. The van der Waals surface area contributed by atoms with Gasteiger partial charge in [0.2, 0.25) is 5.91 Å². The molecule has 0 aliphatic carbocycles. The van der Waals surface area contributed by atoms with Crippen LogP contribution in [0.15, 0.2) is 18.2 Å². The van der Waals surface area contributed by atoms with Crippen molar-refractivity contribution in [2.75, 3.05) is 25.5 Å². The third kappa shape index (κ3) is 4.61. The van der Waals surface area contributed by atoms with E-state index < -0.39 is 28.8 Å². The maximum absolute atomic E-state index is 12.8. The molecular weight excluding hydrogens is 349 g/mol. The average Bonchev–Trinajstić information content (AvgIpc) is 3.01. The molecule has 1 fully saturated rings. The summed E-state index contributed by atoms with van der Waals surface area (Å²) in [6.07, 6.45) is -3.81. The number of nitrogens with one attached hydrogen (secondary N) is 1. The summed E-state index contributed by atoms with van der Waals surface area (Å²) in [6.45, 7) is 0.212. The molecule has 5 nitrogen and oxygen atoms in total. The molecule has 1 saturated heterocycles. The van der Waals surface area contributed by atoms with Crippen LogP contribution in [0.1, 0.15) is 18.4 Å². The van der Waals surface area contributed by atoms with Crippen molar-refractivity contribution in [2.45, 2.75) is 25.1 Å². The van der Waals surface area contributed by atoms with Gasteiger partial charge in [-0.1, -0.05) is 11.6 Å². The number of nitrogens with zero attached hydrogens (tertiary/aromatic N) is 1. The number of halogens is 4. The molecule has 1 atom stereocenters. The van der Waals surface area contributed by atoms with Crippen LogP contribution in [0.4, 0.5) is 18.9 Å². The monoisotopic (exact) mass is 364 g/mol. The first-order chi connectivity index (χ1) is 11.2. The molecule has 1 heterocycles. The lowest BCUT2D eigenvalue weighted by Gasteiger charge is -2.20. The predicted octanol–water partition coefficient (Wildman–Crippen LogP) is 2.93. The number of carbonyl (C=O) groups excluding carboxylic acids is 2. The summed E-state index contributed by atoms with van der Waals surface area (Å²) >= 11 is 5.52. The number of likely N-dealkylation sites (N-methyl/N-ethyl adjacent to an activating group) is 1. The van der Waals surface area contributed by atoms with Crippen LogP contribution in [0.2, 0.25) is 5.02 Å². The molecule has 0 unspecified atom stereocenters. The molecule has 1 aromatic carbocycles. The SMILES string of the molecule is CN(CC(=O)Nc1ccc(Cl)c(C(F)(F)F)c1)C(=O)[C@@H]1CCCO1. The first-order valence-corrected chi connectivity index (χ1v) is 7.59. The smallest absolute Gasteiger partial charge is 0.368 e. The lowest BCUT2D eigenvalue weighted by molar-refractivity contribution is -0.141. The second kappa shape index (κ2) is 7.40. The van der Waals surface area contributed by atoms with Crippen LogP contribution >= 0.6 is 11.6 Å². The summed E-state index contributed by atoms with van der Waals surface area (Å²) in [5.41, 5.74) is -1.08. The summed E-state index contributed by atoms with van der Waals surface area (Å²) in [5.74, 6) is -0.936. The number of amides is 2. The van der Waals surface area contributed by atoms with Crippen LogP contribution in [-0.2, 0) is 20.5 Å². The number of rotatable bonds is 4. The van der Waals surface area contributed by atoms with E-state index in [2.05, 4.69) is 5.32 Å².